The monoisotopic (exact) mass is 233 g/mol. The quantitative estimate of drug-likeness (QED) is 0.828. The molecule has 0 saturated carbocycles. The number of carbonyl (C=O) groups excluding carboxylic acids is 1. The summed E-state index contributed by atoms with van der Waals surface area (Å²) < 4.78 is 0. The van der Waals surface area contributed by atoms with E-state index in [0.29, 0.717) is 5.92 Å². The van der Waals surface area contributed by atoms with Gasteiger partial charge in [-0.1, -0.05) is 18.2 Å². The van der Waals surface area contributed by atoms with Gasteiger partial charge in [-0.15, -0.1) is 0 Å². The second kappa shape index (κ2) is 5.19. The third-order valence-corrected chi connectivity index (χ3v) is 3.13. The molecule has 2 amide bonds. The van der Waals surface area contributed by atoms with E-state index in [1.807, 2.05) is 43.1 Å². The van der Waals surface area contributed by atoms with Gasteiger partial charge in [0, 0.05) is 31.2 Å². The standard InChI is InChI=1S/C13H19N3O/c1-10-5-3-4-6-12(10)16-9-11(7-14-2)8-15-13(16)17/h3-6,11,14H,7-9H2,1-2H3,(H,15,17). The van der Waals surface area contributed by atoms with Crippen LogP contribution in [0.2, 0.25) is 0 Å². The van der Waals surface area contributed by atoms with E-state index in [9.17, 15) is 4.79 Å². The van der Waals surface area contributed by atoms with E-state index in [1.165, 1.54) is 0 Å². The second-order valence-corrected chi connectivity index (χ2v) is 4.51. The molecule has 0 radical (unpaired) electrons. The number of nitrogens with zero attached hydrogens (tertiary/aromatic N) is 1. The number of urea groups is 1. The first-order chi connectivity index (χ1) is 8.22. The summed E-state index contributed by atoms with van der Waals surface area (Å²) >= 11 is 0. The predicted molar refractivity (Wildman–Crippen MR) is 69.3 cm³/mol. The van der Waals surface area contributed by atoms with E-state index in [4.69, 9.17) is 0 Å². The van der Waals surface area contributed by atoms with Crippen LogP contribution in [0.15, 0.2) is 24.3 Å². The fraction of sp³-hybridized carbons (Fsp3) is 0.462. The van der Waals surface area contributed by atoms with Crippen molar-refractivity contribution in [2.45, 2.75) is 6.92 Å². The van der Waals surface area contributed by atoms with Gasteiger partial charge >= 0.3 is 6.03 Å². The highest BCUT2D eigenvalue weighted by Gasteiger charge is 2.26. The minimum atomic E-state index is 0.00616. The first kappa shape index (κ1) is 11.9. The molecule has 1 atom stereocenters. The first-order valence-corrected chi connectivity index (χ1v) is 5.98. The Hall–Kier alpha value is -1.55. The zero-order valence-electron chi connectivity index (χ0n) is 10.4. The molecule has 1 aromatic rings. The van der Waals surface area contributed by atoms with Gasteiger partial charge < -0.3 is 10.6 Å². The van der Waals surface area contributed by atoms with Crippen molar-refractivity contribution in [3.8, 4) is 0 Å². The highest BCUT2D eigenvalue weighted by atomic mass is 16.2. The number of nitrogens with one attached hydrogen (secondary N) is 2. The SMILES string of the molecule is CNCC1CNC(=O)N(c2ccccc2C)C1. The summed E-state index contributed by atoms with van der Waals surface area (Å²) in [4.78, 5) is 13.7. The molecule has 1 heterocycles. The Morgan fingerprint density at radius 1 is 1.47 bits per heavy atom. The van der Waals surface area contributed by atoms with Crippen LogP contribution in [-0.4, -0.2) is 32.7 Å². The Kier molecular flexibility index (Phi) is 3.64. The van der Waals surface area contributed by atoms with Gasteiger partial charge in [0.15, 0.2) is 0 Å². The Balaban J connectivity index is 2.18. The lowest BCUT2D eigenvalue weighted by Crippen LogP contribution is -2.53. The predicted octanol–water partition coefficient (Wildman–Crippen LogP) is 1.36. The molecule has 1 aromatic carbocycles. The maximum atomic E-state index is 11.9. The molecule has 1 fully saturated rings. The minimum absolute atomic E-state index is 0.00616. The summed E-state index contributed by atoms with van der Waals surface area (Å²) in [5.74, 6) is 0.456. The summed E-state index contributed by atoms with van der Waals surface area (Å²) in [6.07, 6.45) is 0. The van der Waals surface area contributed by atoms with Crippen LogP contribution >= 0.6 is 0 Å². The largest absolute Gasteiger partial charge is 0.337 e. The normalized spacial score (nSPS) is 20.2. The number of hydrogen-bond acceptors (Lipinski definition) is 2. The number of hydrogen-bond donors (Lipinski definition) is 2. The van der Waals surface area contributed by atoms with Gasteiger partial charge in [-0.25, -0.2) is 4.79 Å². The first-order valence-electron chi connectivity index (χ1n) is 5.98. The van der Waals surface area contributed by atoms with E-state index in [-0.39, 0.29) is 6.03 Å². The number of benzene rings is 1. The molecule has 0 aromatic heterocycles. The minimum Gasteiger partial charge on any atom is -0.337 e. The third-order valence-electron chi connectivity index (χ3n) is 3.13. The molecular formula is C13H19N3O. The smallest absolute Gasteiger partial charge is 0.321 e. The topological polar surface area (TPSA) is 44.4 Å². The van der Waals surface area contributed by atoms with Gasteiger partial charge in [-0.05, 0) is 25.6 Å². The number of anilines is 1. The van der Waals surface area contributed by atoms with E-state index >= 15 is 0 Å². The van der Waals surface area contributed by atoms with Crippen molar-refractivity contribution in [3.63, 3.8) is 0 Å². The molecule has 2 N–H and O–H groups in total. The molecule has 0 aliphatic carbocycles. The van der Waals surface area contributed by atoms with Crippen LogP contribution in [0, 0.1) is 12.8 Å². The van der Waals surface area contributed by atoms with Crippen LogP contribution in [0.3, 0.4) is 0 Å². The maximum absolute atomic E-state index is 11.9. The van der Waals surface area contributed by atoms with Crippen LogP contribution < -0.4 is 15.5 Å². The van der Waals surface area contributed by atoms with Crippen LogP contribution in [0.1, 0.15) is 5.56 Å². The average molecular weight is 233 g/mol. The molecule has 4 heteroatoms. The van der Waals surface area contributed by atoms with Crippen LogP contribution in [0.4, 0.5) is 10.5 Å². The van der Waals surface area contributed by atoms with E-state index in [0.717, 1.165) is 30.9 Å². The van der Waals surface area contributed by atoms with E-state index in [2.05, 4.69) is 10.6 Å². The summed E-state index contributed by atoms with van der Waals surface area (Å²) in [5, 5.41) is 6.10. The second-order valence-electron chi connectivity index (χ2n) is 4.51. The van der Waals surface area contributed by atoms with Crippen LogP contribution in [0.25, 0.3) is 0 Å². The Bertz CT molecular complexity index is 405. The lowest BCUT2D eigenvalue weighted by atomic mass is 10.1. The van der Waals surface area contributed by atoms with Crippen molar-refractivity contribution >= 4 is 11.7 Å². The van der Waals surface area contributed by atoms with Crippen LogP contribution in [-0.2, 0) is 0 Å². The van der Waals surface area contributed by atoms with Crippen molar-refractivity contribution in [1.82, 2.24) is 10.6 Å². The number of rotatable bonds is 3. The fourth-order valence-corrected chi connectivity index (χ4v) is 2.23. The molecule has 2 rings (SSSR count). The molecular weight excluding hydrogens is 214 g/mol. The van der Waals surface area contributed by atoms with E-state index < -0.39 is 0 Å². The van der Waals surface area contributed by atoms with Crippen molar-refractivity contribution in [2.75, 3.05) is 31.6 Å². The summed E-state index contributed by atoms with van der Waals surface area (Å²) in [6.45, 7) is 4.48. The highest BCUT2D eigenvalue weighted by molar-refractivity contribution is 5.93. The molecule has 1 aliphatic rings. The maximum Gasteiger partial charge on any atom is 0.321 e. The van der Waals surface area contributed by atoms with Crippen molar-refractivity contribution in [2.24, 2.45) is 5.92 Å². The van der Waals surface area contributed by atoms with Crippen molar-refractivity contribution < 1.29 is 4.79 Å². The number of carbonyl (C=O) groups is 1. The molecule has 1 unspecified atom stereocenters. The molecule has 4 nitrogen and oxygen atoms in total. The highest BCUT2D eigenvalue weighted by Crippen LogP contribution is 2.22. The molecule has 92 valence electrons. The number of para-hydroxylation sites is 1. The van der Waals surface area contributed by atoms with Crippen molar-refractivity contribution in [3.05, 3.63) is 29.8 Å². The number of aryl methyl sites for hydroxylation is 1. The average Bonchev–Trinajstić information content (AvgIpc) is 2.33. The lowest BCUT2D eigenvalue weighted by molar-refractivity contribution is 0.236. The Labute approximate surface area is 102 Å². The summed E-state index contributed by atoms with van der Waals surface area (Å²) in [5.41, 5.74) is 2.14. The van der Waals surface area contributed by atoms with Crippen molar-refractivity contribution in [1.29, 1.82) is 0 Å². The zero-order chi connectivity index (χ0) is 12.3. The van der Waals surface area contributed by atoms with Gasteiger partial charge in [-0.2, -0.15) is 0 Å². The third kappa shape index (κ3) is 2.58. The number of amides is 2. The van der Waals surface area contributed by atoms with Gasteiger partial charge in [-0.3, -0.25) is 4.90 Å². The lowest BCUT2D eigenvalue weighted by Gasteiger charge is -2.34. The molecule has 1 saturated heterocycles. The van der Waals surface area contributed by atoms with Gasteiger partial charge in [0.05, 0.1) is 0 Å². The molecule has 17 heavy (non-hydrogen) atoms. The Morgan fingerprint density at radius 3 is 2.94 bits per heavy atom. The van der Waals surface area contributed by atoms with Gasteiger partial charge in [0.25, 0.3) is 0 Å². The molecule has 0 bridgehead atoms. The summed E-state index contributed by atoms with van der Waals surface area (Å²) in [7, 11) is 1.94. The zero-order valence-corrected chi connectivity index (χ0v) is 10.4. The fourth-order valence-electron chi connectivity index (χ4n) is 2.23. The Morgan fingerprint density at radius 2 is 2.24 bits per heavy atom. The molecule has 1 aliphatic heterocycles. The van der Waals surface area contributed by atoms with E-state index in [1.54, 1.807) is 0 Å². The molecule has 0 spiro atoms. The summed E-state index contributed by atoms with van der Waals surface area (Å²) in [6, 6.07) is 8.00. The van der Waals surface area contributed by atoms with Gasteiger partial charge in [0.2, 0.25) is 0 Å². The van der Waals surface area contributed by atoms with Crippen LogP contribution in [0.5, 0.6) is 0 Å². The van der Waals surface area contributed by atoms with Gasteiger partial charge in [0.1, 0.15) is 0 Å².